The first-order chi connectivity index (χ1) is 15.1. The zero-order valence-corrected chi connectivity index (χ0v) is 17.2. The minimum Gasteiger partial charge on any atom is -0.364 e. The lowest BCUT2D eigenvalue weighted by Gasteiger charge is -2.27. The molecule has 0 saturated carbocycles. The normalized spacial score (nSPS) is 19.8. The van der Waals surface area contributed by atoms with E-state index in [2.05, 4.69) is 20.6 Å². The minimum atomic E-state index is -0.439. The lowest BCUT2D eigenvalue weighted by molar-refractivity contribution is 0.0931. The first-order valence-corrected chi connectivity index (χ1v) is 10.8. The number of hydrogen-bond acceptors (Lipinski definition) is 4. The molecule has 2 fully saturated rings. The Morgan fingerprint density at radius 2 is 1.97 bits per heavy atom. The third-order valence-corrected chi connectivity index (χ3v) is 6.33. The number of hydrogen-bond donors (Lipinski definition) is 2. The van der Waals surface area contributed by atoms with Gasteiger partial charge in [0.25, 0.3) is 5.91 Å². The van der Waals surface area contributed by atoms with Gasteiger partial charge in [-0.1, -0.05) is 0 Å². The fraction of sp³-hybridized carbons (Fsp3) is 0.391. The number of carbonyl (C=O) groups excluding carboxylic acids is 1. The summed E-state index contributed by atoms with van der Waals surface area (Å²) in [5.41, 5.74) is 2.46. The average Bonchev–Trinajstić information content (AvgIpc) is 3.43. The summed E-state index contributed by atoms with van der Waals surface area (Å²) < 4.78 is 29.9. The van der Waals surface area contributed by atoms with Crippen LogP contribution in [-0.4, -0.2) is 41.2 Å². The molecule has 4 heterocycles. The van der Waals surface area contributed by atoms with Crippen molar-refractivity contribution in [2.45, 2.75) is 37.8 Å². The van der Waals surface area contributed by atoms with Crippen molar-refractivity contribution in [1.29, 1.82) is 0 Å². The highest BCUT2D eigenvalue weighted by Gasteiger charge is 2.29. The summed E-state index contributed by atoms with van der Waals surface area (Å²) in [6.07, 6.45) is 6.84. The van der Waals surface area contributed by atoms with Gasteiger partial charge in [0.05, 0.1) is 23.3 Å². The van der Waals surface area contributed by atoms with Crippen LogP contribution in [0.2, 0.25) is 0 Å². The molecule has 0 unspecified atom stereocenters. The Bertz CT molecular complexity index is 1110. The summed E-state index contributed by atoms with van der Waals surface area (Å²) in [6.45, 7) is 2.54. The van der Waals surface area contributed by atoms with Gasteiger partial charge in [0, 0.05) is 30.0 Å². The zero-order valence-electron chi connectivity index (χ0n) is 17.2. The molecule has 0 spiro atoms. The number of amides is 1. The number of halogens is 2. The number of aromatic nitrogens is 2. The monoisotopic (exact) mass is 425 g/mol. The molecule has 6 nitrogen and oxygen atoms in total. The third-order valence-electron chi connectivity index (χ3n) is 6.33. The second kappa shape index (κ2) is 8.26. The molecule has 5 rings (SSSR count). The molecule has 0 aliphatic carbocycles. The fourth-order valence-electron chi connectivity index (χ4n) is 4.72. The van der Waals surface area contributed by atoms with Crippen LogP contribution in [0.5, 0.6) is 0 Å². The molecule has 1 aromatic carbocycles. The van der Waals surface area contributed by atoms with E-state index in [1.54, 1.807) is 10.7 Å². The predicted molar refractivity (Wildman–Crippen MR) is 114 cm³/mol. The summed E-state index contributed by atoms with van der Waals surface area (Å²) in [4.78, 5) is 15.0. The van der Waals surface area contributed by atoms with Crippen LogP contribution < -0.4 is 15.5 Å². The summed E-state index contributed by atoms with van der Waals surface area (Å²) in [5.74, 6) is -0.967. The summed E-state index contributed by atoms with van der Waals surface area (Å²) >= 11 is 0. The van der Waals surface area contributed by atoms with Gasteiger partial charge in [0.2, 0.25) is 0 Å². The maximum absolute atomic E-state index is 14.4. The Hall–Kier alpha value is -3.00. The first-order valence-electron chi connectivity index (χ1n) is 10.8. The molecular weight excluding hydrogens is 400 g/mol. The van der Waals surface area contributed by atoms with E-state index in [1.807, 2.05) is 18.3 Å². The largest absolute Gasteiger partial charge is 0.364 e. The molecule has 0 bridgehead atoms. The number of nitrogens with one attached hydrogen (secondary N) is 2. The molecule has 2 aliphatic rings. The van der Waals surface area contributed by atoms with E-state index in [0.717, 1.165) is 57.1 Å². The van der Waals surface area contributed by atoms with Crippen LogP contribution in [0.25, 0.3) is 5.52 Å². The topological polar surface area (TPSA) is 61.7 Å². The minimum absolute atomic E-state index is 0.131. The van der Waals surface area contributed by atoms with Gasteiger partial charge in [-0.15, -0.1) is 0 Å². The molecule has 2 N–H and O–H groups in total. The van der Waals surface area contributed by atoms with Gasteiger partial charge in [-0.2, -0.15) is 5.10 Å². The van der Waals surface area contributed by atoms with Gasteiger partial charge in [-0.25, -0.2) is 13.3 Å². The molecule has 2 aromatic heterocycles. The first kappa shape index (κ1) is 19.9. The Kier molecular flexibility index (Phi) is 5.31. The van der Waals surface area contributed by atoms with Crippen LogP contribution >= 0.6 is 0 Å². The lowest BCUT2D eigenvalue weighted by atomic mass is 10.0. The molecule has 8 heteroatoms. The van der Waals surface area contributed by atoms with Crippen LogP contribution in [-0.2, 0) is 0 Å². The van der Waals surface area contributed by atoms with Crippen LogP contribution in [0, 0.1) is 11.6 Å². The van der Waals surface area contributed by atoms with Gasteiger partial charge in [-0.05, 0) is 69.1 Å². The molecule has 1 atom stereocenters. The summed E-state index contributed by atoms with van der Waals surface area (Å²) in [5, 5.41) is 10.7. The third kappa shape index (κ3) is 3.87. The number of carbonyl (C=O) groups is 1. The Morgan fingerprint density at radius 1 is 1.13 bits per heavy atom. The molecule has 162 valence electrons. The quantitative estimate of drug-likeness (QED) is 0.672. The van der Waals surface area contributed by atoms with E-state index in [0.29, 0.717) is 16.6 Å². The number of rotatable bonds is 4. The maximum atomic E-state index is 14.4. The fourth-order valence-corrected chi connectivity index (χ4v) is 4.72. The predicted octanol–water partition coefficient (Wildman–Crippen LogP) is 3.44. The van der Waals surface area contributed by atoms with Crippen LogP contribution in [0.1, 0.15) is 47.6 Å². The van der Waals surface area contributed by atoms with Crippen molar-refractivity contribution in [3.63, 3.8) is 0 Å². The van der Waals surface area contributed by atoms with Gasteiger partial charge in [-0.3, -0.25) is 4.79 Å². The second-order valence-electron chi connectivity index (χ2n) is 8.29. The van der Waals surface area contributed by atoms with E-state index in [-0.39, 0.29) is 18.0 Å². The van der Waals surface area contributed by atoms with Crippen molar-refractivity contribution in [2.75, 3.05) is 24.5 Å². The average molecular weight is 425 g/mol. The molecule has 0 radical (unpaired) electrons. The van der Waals surface area contributed by atoms with Gasteiger partial charge in [0.15, 0.2) is 0 Å². The number of anilines is 1. The molecule has 3 aromatic rings. The molecule has 31 heavy (non-hydrogen) atoms. The van der Waals surface area contributed by atoms with E-state index < -0.39 is 11.6 Å². The molecular formula is C23H25F2N5O. The van der Waals surface area contributed by atoms with Gasteiger partial charge >= 0.3 is 0 Å². The van der Waals surface area contributed by atoms with E-state index >= 15 is 0 Å². The number of nitrogens with zero attached hydrogens (tertiary/aromatic N) is 3. The standard InChI is InChI=1S/C23H25F2N5O/c24-15-3-4-20(25)18(12-15)21-2-1-10-29(21)17-7-11-30-22(13-17)19(14-27-30)23(31)28-16-5-8-26-9-6-16/h3-4,7,11-14,16,21,26H,1-2,5-6,8-10H2,(H,28,31)/t21-/m1/s1. The van der Waals surface area contributed by atoms with Crippen LogP contribution in [0.3, 0.4) is 0 Å². The molecule has 2 saturated heterocycles. The van der Waals surface area contributed by atoms with Crippen molar-refractivity contribution in [2.24, 2.45) is 0 Å². The second-order valence-corrected chi connectivity index (χ2v) is 8.29. The van der Waals surface area contributed by atoms with Crippen molar-refractivity contribution in [3.8, 4) is 0 Å². The van der Waals surface area contributed by atoms with Crippen molar-refractivity contribution in [1.82, 2.24) is 20.2 Å². The number of pyridine rings is 1. The van der Waals surface area contributed by atoms with E-state index in [1.165, 1.54) is 12.1 Å². The van der Waals surface area contributed by atoms with E-state index in [9.17, 15) is 13.6 Å². The Morgan fingerprint density at radius 3 is 2.81 bits per heavy atom. The zero-order chi connectivity index (χ0) is 21.4. The number of fused-ring (bicyclic) bond motifs is 1. The van der Waals surface area contributed by atoms with Crippen LogP contribution in [0.15, 0.2) is 42.7 Å². The smallest absolute Gasteiger partial charge is 0.255 e. The van der Waals surface area contributed by atoms with Crippen molar-refractivity contribution in [3.05, 3.63) is 65.5 Å². The van der Waals surface area contributed by atoms with E-state index in [4.69, 9.17) is 0 Å². The van der Waals surface area contributed by atoms with Gasteiger partial charge in [0.1, 0.15) is 11.6 Å². The summed E-state index contributed by atoms with van der Waals surface area (Å²) in [6, 6.07) is 7.35. The number of benzene rings is 1. The number of piperidine rings is 1. The Labute approximate surface area is 179 Å². The highest BCUT2D eigenvalue weighted by molar-refractivity contribution is 6.01. The maximum Gasteiger partial charge on any atom is 0.255 e. The SMILES string of the molecule is O=C(NC1CCNCC1)c1cnn2ccc(N3CCC[C@@H]3c3cc(F)ccc3F)cc12. The van der Waals surface area contributed by atoms with Crippen molar-refractivity contribution < 1.29 is 13.6 Å². The summed E-state index contributed by atoms with van der Waals surface area (Å²) in [7, 11) is 0. The lowest BCUT2D eigenvalue weighted by Crippen LogP contribution is -2.42. The molecule has 2 aliphatic heterocycles. The molecule has 1 amide bonds. The Balaban J connectivity index is 1.44. The van der Waals surface area contributed by atoms with Crippen molar-refractivity contribution >= 4 is 17.1 Å². The highest BCUT2D eigenvalue weighted by Crippen LogP contribution is 2.38. The van der Waals surface area contributed by atoms with Crippen LogP contribution in [0.4, 0.5) is 14.5 Å². The van der Waals surface area contributed by atoms with Gasteiger partial charge < -0.3 is 15.5 Å². The highest BCUT2D eigenvalue weighted by atomic mass is 19.1.